The number of benzene rings is 4. The molecule has 344 valence electrons. The second-order valence-corrected chi connectivity index (χ2v) is 22.1. The molecule has 2 aliphatic heterocycles. The standard InChI is InChI=1S/C50H56ClN3O8S3/c1-49(2)42-18-8-10-20-44(42)52(32-12-14-34-63-62-61-55)46(49)30-24-38-22-23-39(48(38)54(36-37-16-6-5-7-17-37)65(59,60)41-28-26-40(51)27-29-41)25-31-47-50(3,4)43-19-9-11-21-45(43)53(47)33-13-15-35-64(56,57)58/h5-11,16-21,24-31H,12-15,22-23,32-36H2,1-4H3,(H-,55,56,57,58)/p-1. The molecular weight excluding hydrogens is 902 g/mol. The molecule has 1 fully saturated rings. The Balaban J connectivity index is 1.38. The van der Waals surface area contributed by atoms with E-state index in [4.69, 9.17) is 11.6 Å². The molecule has 15 heteroatoms. The molecule has 3 aliphatic rings. The van der Waals surface area contributed by atoms with Gasteiger partial charge in [0.25, 0.3) is 0 Å². The van der Waals surface area contributed by atoms with Crippen molar-refractivity contribution in [2.45, 2.75) is 88.5 Å². The van der Waals surface area contributed by atoms with Gasteiger partial charge in [-0.1, -0.05) is 118 Å². The molecule has 0 amide bonds. The minimum atomic E-state index is -4.34. The zero-order valence-electron chi connectivity index (χ0n) is 37.1. The van der Waals surface area contributed by atoms with Gasteiger partial charge in [-0.15, -0.1) is 3.98 Å². The monoisotopic (exact) mass is 956 g/mol. The summed E-state index contributed by atoms with van der Waals surface area (Å²) in [4.78, 5) is 4.66. The molecule has 11 nitrogen and oxygen atoms in total. The lowest BCUT2D eigenvalue weighted by Crippen LogP contribution is -2.29. The van der Waals surface area contributed by atoms with Crippen LogP contribution in [-0.2, 0) is 46.9 Å². The minimum Gasteiger partial charge on any atom is -0.748 e. The first-order chi connectivity index (χ1) is 31.0. The predicted molar refractivity (Wildman–Crippen MR) is 257 cm³/mol. The molecule has 0 spiro atoms. The maximum atomic E-state index is 15.1. The number of fused-ring (bicyclic) bond motifs is 2. The maximum Gasteiger partial charge on any atom is 0.395 e. The molecule has 1 saturated carbocycles. The second kappa shape index (κ2) is 20.6. The van der Waals surface area contributed by atoms with Crippen molar-refractivity contribution in [3.63, 3.8) is 0 Å². The van der Waals surface area contributed by atoms with Gasteiger partial charge in [0.1, 0.15) is 4.90 Å². The third-order valence-corrected chi connectivity index (χ3v) is 15.9. The Morgan fingerprint density at radius 1 is 0.692 bits per heavy atom. The van der Waals surface area contributed by atoms with Crippen LogP contribution in [0.5, 0.6) is 0 Å². The predicted octanol–water partition coefficient (Wildman–Crippen LogP) is 9.67. The zero-order valence-corrected chi connectivity index (χ0v) is 40.3. The van der Waals surface area contributed by atoms with Crippen LogP contribution in [0.25, 0.3) is 0 Å². The molecule has 0 radical (unpaired) electrons. The Bertz CT molecular complexity index is 2750. The first-order valence-electron chi connectivity index (χ1n) is 21.8. The fraction of sp³-hybridized carbons (Fsp3) is 0.340. The van der Waals surface area contributed by atoms with Crippen molar-refractivity contribution < 1.29 is 40.0 Å². The lowest BCUT2D eigenvalue weighted by molar-refractivity contribution is -0.777. The molecule has 0 atom stereocenters. The summed E-state index contributed by atoms with van der Waals surface area (Å²) in [5.74, 6) is 0.173. The van der Waals surface area contributed by atoms with E-state index in [0.717, 1.165) is 76.5 Å². The van der Waals surface area contributed by atoms with Crippen LogP contribution in [0.3, 0.4) is 0 Å². The van der Waals surface area contributed by atoms with Crippen LogP contribution in [0.15, 0.2) is 155 Å². The smallest absolute Gasteiger partial charge is 0.395 e. The summed E-state index contributed by atoms with van der Waals surface area (Å²) >= 11 is 7.28. The third-order valence-electron chi connectivity index (χ3n) is 12.5. The molecule has 0 aromatic heterocycles. The highest BCUT2D eigenvalue weighted by Gasteiger charge is 2.42. The van der Waals surface area contributed by atoms with Crippen molar-refractivity contribution >= 4 is 60.9 Å². The van der Waals surface area contributed by atoms with Gasteiger partial charge in [0.2, 0.25) is 5.71 Å². The van der Waals surface area contributed by atoms with Crippen molar-refractivity contribution in [3.05, 3.63) is 172 Å². The van der Waals surface area contributed by atoms with Crippen molar-refractivity contribution in [3.8, 4) is 0 Å². The van der Waals surface area contributed by atoms with Gasteiger partial charge in [-0.3, -0.25) is 5.04 Å². The number of unbranched alkanes of at least 4 members (excludes halogenated alkanes) is 2. The number of para-hydroxylation sites is 2. The molecule has 0 bridgehead atoms. The Labute approximate surface area is 393 Å². The Kier molecular flexibility index (Phi) is 15.3. The van der Waals surface area contributed by atoms with E-state index in [0.29, 0.717) is 42.3 Å². The number of hydrogen-bond donors (Lipinski definition) is 0. The summed E-state index contributed by atoms with van der Waals surface area (Å²) in [5, 5.41) is 14.3. The molecule has 4 aromatic carbocycles. The van der Waals surface area contributed by atoms with E-state index < -0.39 is 31.3 Å². The summed E-state index contributed by atoms with van der Waals surface area (Å²) in [6.07, 6.45) is 11.9. The molecule has 4 aromatic rings. The molecular formula is C50H55ClN3O8S3-. The van der Waals surface area contributed by atoms with E-state index in [1.54, 1.807) is 28.2 Å². The van der Waals surface area contributed by atoms with Crippen LogP contribution in [0, 0.1) is 0 Å². The van der Waals surface area contributed by atoms with E-state index in [9.17, 15) is 18.2 Å². The lowest BCUT2D eigenvalue weighted by Gasteiger charge is -2.27. The topological polar surface area (TPSA) is 142 Å². The van der Waals surface area contributed by atoms with E-state index in [1.165, 1.54) is 5.56 Å². The molecule has 65 heavy (non-hydrogen) atoms. The number of allylic oxidation sites excluding steroid dienone is 8. The van der Waals surface area contributed by atoms with Gasteiger partial charge in [-0.2, -0.15) is 12.8 Å². The highest BCUT2D eigenvalue weighted by molar-refractivity contribution is 7.94. The SMILES string of the molecule is CC1(C)/C(=C\C=C2CCC(=C\C=C3\N(CCCCS(=O)(=O)[O-])c4ccccc4C3(C)C)/C2=[N+](/Cc2ccccc2)S(=O)(=O)c2ccc(Cl)cc2)N(CCCCSOO[O-])c2ccccc21. The van der Waals surface area contributed by atoms with Crippen LogP contribution in [-0.4, -0.2) is 55.7 Å². The summed E-state index contributed by atoms with van der Waals surface area (Å²) in [6.45, 7) is 10.0. The lowest BCUT2D eigenvalue weighted by atomic mass is 9.83. The Morgan fingerprint density at radius 3 is 1.72 bits per heavy atom. The van der Waals surface area contributed by atoms with E-state index in [2.05, 4.69) is 102 Å². The number of nitrogens with zero attached hydrogens (tertiary/aromatic N) is 3. The first-order valence-corrected chi connectivity index (χ1v) is 26.1. The van der Waals surface area contributed by atoms with Crippen LogP contribution < -0.4 is 15.1 Å². The quantitative estimate of drug-likeness (QED) is 0.0235. The van der Waals surface area contributed by atoms with Crippen LogP contribution in [0.1, 0.15) is 82.9 Å². The molecule has 0 N–H and O–H groups in total. The third kappa shape index (κ3) is 10.9. The van der Waals surface area contributed by atoms with Gasteiger partial charge in [0.15, 0.2) is 6.54 Å². The maximum absolute atomic E-state index is 15.1. The average Bonchev–Trinajstić information content (AvgIpc) is 3.85. The van der Waals surface area contributed by atoms with Gasteiger partial charge in [0, 0.05) is 92.0 Å². The number of halogens is 1. The van der Waals surface area contributed by atoms with Crippen molar-refractivity contribution in [2.75, 3.05) is 34.4 Å². The van der Waals surface area contributed by atoms with Gasteiger partial charge in [0.05, 0.1) is 10.1 Å². The van der Waals surface area contributed by atoms with E-state index in [1.807, 2.05) is 48.5 Å². The van der Waals surface area contributed by atoms with Gasteiger partial charge in [-0.05, 0) is 98.2 Å². The van der Waals surface area contributed by atoms with Gasteiger partial charge >= 0.3 is 10.0 Å². The molecule has 7 rings (SSSR count). The summed E-state index contributed by atoms with van der Waals surface area (Å²) in [6, 6.07) is 32.4. The van der Waals surface area contributed by atoms with Crippen LogP contribution in [0.2, 0.25) is 5.02 Å². The van der Waals surface area contributed by atoms with Crippen molar-refractivity contribution in [2.24, 2.45) is 0 Å². The number of rotatable bonds is 18. The largest absolute Gasteiger partial charge is 0.748 e. The summed E-state index contributed by atoms with van der Waals surface area (Å²) in [5.41, 5.74) is 8.85. The van der Waals surface area contributed by atoms with E-state index in [-0.39, 0.29) is 23.3 Å². The number of anilines is 2. The molecule has 1 aliphatic carbocycles. The number of sulfonamides is 1. The van der Waals surface area contributed by atoms with E-state index >= 15 is 8.42 Å². The first kappa shape index (κ1) is 48.4. The summed E-state index contributed by atoms with van der Waals surface area (Å²) < 4.78 is 70.8. The average molecular weight is 958 g/mol. The van der Waals surface area contributed by atoms with Crippen LogP contribution >= 0.6 is 23.6 Å². The molecule has 0 saturated heterocycles. The molecule has 0 unspecified atom stereocenters. The van der Waals surface area contributed by atoms with Gasteiger partial charge in [-0.25, -0.2) is 8.42 Å². The normalized spacial score (nSPS) is 20.0. The van der Waals surface area contributed by atoms with Crippen molar-refractivity contribution in [1.82, 2.24) is 0 Å². The van der Waals surface area contributed by atoms with Crippen LogP contribution in [0.4, 0.5) is 11.4 Å². The van der Waals surface area contributed by atoms with Crippen molar-refractivity contribution in [1.29, 1.82) is 0 Å². The zero-order chi connectivity index (χ0) is 46.4. The molecule has 2 heterocycles. The Hall–Kier alpha value is -4.51. The number of hydrogen-bond acceptors (Lipinski definition) is 11. The highest BCUT2D eigenvalue weighted by Crippen LogP contribution is 2.49. The minimum absolute atomic E-state index is 0.0802. The van der Waals surface area contributed by atoms with Gasteiger partial charge < -0.3 is 19.6 Å². The second-order valence-electron chi connectivity index (χ2n) is 17.5. The highest BCUT2D eigenvalue weighted by atomic mass is 35.5. The summed E-state index contributed by atoms with van der Waals surface area (Å²) in [7, 11) is -8.51. The fourth-order valence-electron chi connectivity index (χ4n) is 9.28. The fourth-order valence-corrected chi connectivity index (χ4v) is 11.9. The Morgan fingerprint density at radius 2 is 1.20 bits per heavy atom.